The summed E-state index contributed by atoms with van der Waals surface area (Å²) in [6.45, 7) is 4.21. The molecular weight excluding hydrogens is 230 g/mol. The van der Waals surface area contributed by atoms with Crippen LogP contribution < -0.4 is 5.32 Å². The lowest BCUT2D eigenvalue weighted by Crippen LogP contribution is -2.12. The first kappa shape index (κ1) is 12.6. The van der Waals surface area contributed by atoms with Crippen molar-refractivity contribution in [1.82, 2.24) is 19.3 Å². The van der Waals surface area contributed by atoms with E-state index in [1.807, 2.05) is 31.0 Å². The van der Waals surface area contributed by atoms with E-state index in [4.69, 9.17) is 4.74 Å². The van der Waals surface area contributed by atoms with Crippen molar-refractivity contribution in [2.24, 2.45) is 7.05 Å². The van der Waals surface area contributed by atoms with Crippen molar-refractivity contribution in [3.8, 4) is 0 Å². The number of hydrogen-bond acceptors (Lipinski definition) is 4. The van der Waals surface area contributed by atoms with E-state index in [9.17, 15) is 0 Å². The molecule has 0 unspecified atom stereocenters. The quantitative estimate of drug-likeness (QED) is 0.777. The highest BCUT2D eigenvalue weighted by molar-refractivity contribution is 5.28. The van der Waals surface area contributed by atoms with Gasteiger partial charge in [-0.1, -0.05) is 0 Å². The van der Waals surface area contributed by atoms with Gasteiger partial charge in [0.25, 0.3) is 0 Å². The number of anilines is 1. The van der Waals surface area contributed by atoms with Crippen LogP contribution in [0.5, 0.6) is 0 Å². The molecule has 0 spiro atoms. The molecule has 0 aliphatic rings. The summed E-state index contributed by atoms with van der Waals surface area (Å²) in [5.41, 5.74) is 2.25. The molecule has 0 saturated heterocycles. The molecule has 0 fully saturated rings. The first-order valence-corrected chi connectivity index (χ1v) is 5.93. The molecule has 0 bridgehead atoms. The maximum atomic E-state index is 5.01. The SMILES string of the molecule is COCCNc1nccn1Cc1cn(C)nc1C. The van der Waals surface area contributed by atoms with Crippen molar-refractivity contribution >= 4 is 5.95 Å². The van der Waals surface area contributed by atoms with Crippen molar-refractivity contribution in [2.45, 2.75) is 13.5 Å². The first-order valence-electron chi connectivity index (χ1n) is 5.93. The van der Waals surface area contributed by atoms with Gasteiger partial charge < -0.3 is 14.6 Å². The molecule has 2 aromatic rings. The largest absolute Gasteiger partial charge is 0.383 e. The second-order valence-electron chi connectivity index (χ2n) is 4.21. The van der Waals surface area contributed by atoms with Crippen LogP contribution in [-0.4, -0.2) is 39.6 Å². The lowest BCUT2D eigenvalue weighted by molar-refractivity contribution is 0.210. The Morgan fingerprint density at radius 2 is 2.28 bits per heavy atom. The van der Waals surface area contributed by atoms with Gasteiger partial charge in [0, 0.05) is 44.9 Å². The summed E-state index contributed by atoms with van der Waals surface area (Å²) in [4.78, 5) is 4.29. The lowest BCUT2D eigenvalue weighted by Gasteiger charge is -2.08. The second kappa shape index (κ2) is 5.68. The van der Waals surface area contributed by atoms with Gasteiger partial charge in [-0.05, 0) is 6.92 Å². The Bertz CT molecular complexity index is 502. The molecule has 1 N–H and O–H groups in total. The van der Waals surface area contributed by atoms with Crippen molar-refractivity contribution in [2.75, 3.05) is 25.6 Å². The normalized spacial score (nSPS) is 10.8. The van der Waals surface area contributed by atoms with Crippen LogP contribution in [0.25, 0.3) is 0 Å². The fourth-order valence-electron chi connectivity index (χ4n) is 1.86. The van der Waals surface area contributed by atoms with Crippen molar-refractivity contribution in [1.29, 1.82) is 0 Å². The standard InChI is InChI=1S/C12H19N5O/c1-10-11(8-16(2)15-10)9-17-6-4-13-12(17)14-5-7-18-3/h4,6,8H,5,7,9H2,1-3H3,(H,13,14). The summed E-state index contributed by atoms with van der Waals surface area (Å²) >= 11 is 0. The van der Waals surface area contributed by atoms with E-state index < -0.39 is 0 Å². The predicted octanol–water partition coefficient (Wildman–Crippen LogP) is 1.03. The fraction of sp³-hybridized carbons (Fsp3) is 0.500. The molecule has 0 aliphatic heterocycles. The van der Waals surface area contributed by atoms with Crippen molar-refractivity contribution in [3.63, 3.8) is 0 Å². The fourth-order valence-corrected chi connectivity index (χ4v) is 1.86. The number of rotatable bonds is 6. The van der Waals surface area contributed by atoms with Crippen LogP contribution in [-0.2, 0) is 18.3 Å². The zero-order valence-electron chi connectivity index (χ0n) is 11.1. The molecule has 6 heteroatoms. The maximum Gasteiger partial charge on any atom is 0.203 e. The number of methoxy groups -OCH3 is 1. The molecule has 2 rings (SSSR count). The third-order valence-corrected chi connectivity index (χ3v) is 2.76. The average Bonchev–Trinajstić information content (AvgIpc) is 2.88. The Hall–Kier alpha value is -1.82. The van der Waals surface area contributed by atoms with Crippen molar-refractivity contribution < 1.29 is 4.74 Å². The maximum absolute atomic E-state index is 5.01. The Morgan fingerprint density at radius 1 is 1.44 bits per heavy atom. The monoisotopic (exact) mass is 249 g/mol. The summed E-state index contributed by atoms with van der Waals surface area (Å²) < 4.78 is 8.91. The lowest BCUT2D eigenvalue weighted by atomic mass is 10.2. The zero-order chi connectivity index (χ0) is 13.0. The van der Waals surface area contributed by atoms with Gasteiger partial charge in [0.05, 0.1) is 18.8 Å². The predicted molar refractivity (Wildman–Crippen MR) is 69.6 cm³/mol. The van der Waals surface area contributed by atoms with Crippen LogP contribution in [0.1, 0.15) is 11.3 Å². The number of aromatic nitrogens is 4. The molecule has 0 radical (unpaired) electrons. The minimum atomic E-state index is 0.665. The third kappa shape index (κ3) is 2.89. The highest BCUT2D eigenvalue weighted by Gasteiger charge is 2.07. The summed E-state index contributed by atoms with van der Waals surface area (Å²) in [7, 11) is 3.62. The van der Waals surface area contributed by atoms with Crippen LogP contribution in [0.3, 0.4) is 0 Å². The molecular formula is C12H19N5O. The Balaban J connectivity index is 2.05. The van der Waals surface area contributed by atoms with Crippen molar-refractivity contribution in [3.05, 3.63) is 29.8 Å². The molecule has 2 heterocycles. The molecule has 0 aromatic carbocycles. The number of aryl methyl sites for hydroxylation is 2. The van der Waals surface area contributed by atoms with Gasteiger partial charge in [0.15, 0.2) is 0 Å². The van der Waals surface area contributed by atoms with Crippen LogP contribution in [0, 0.1) is 6.92 Å². The first-order chi connectivity index (χ1) is 8.70. The van der Waals surface area contributed by atoms with E-state index in [2.05, 4.69) is 20.0 Å². The van der Waals surface area contributed by atoms with Crippen LogP contribution in [0.2, 0.25) is 0 Å². The van der Waals surface area contributed by atoms with Gasteiger partial charge in [-0.3, -0.25) is 4.68 Å². The van der Waals surface area contributed by atoms with E-state index in [-0.39, 0.29) is 0 Å². The van der Waals surface area contributed by atoms with E-state index in [0.29, 0.717) is 6.61 Å². The molecule has 0 saturated carbocycles. The van der Waals surface area contributed by atoms with E-state index >= 15 is 0 Å². The number of nitrogens with zero attached hydrogens (tertiary/aromatic N) is 4. The van der Waals surface area contributed by atoms with E-state index in [1.54, 1.807) is 13.3 Å². The number of nitrogens with one attached hydrogen (secondary N) is 1. The molecule has 2 aromatic heterocycles. The molecule has 0 amide bonds. The Labute approximate surface area is 107 Å². The van der Waals surface area contributed by atoms with Gasteiger partial charge in [-0.25, -0.2) is 4.98 Å². The van der Waals surface area contributed by atoms with Gasteiger partial charge in [0.1, 0.15) is 0 Å². The summed E-state index contributed by atoms with van der Waals surface area (Å²) in [5, 5.41) is 7.58. The summed E-state index contributed by atoms with van der Waals surface area (Å²) in [6.07, 6.45) is 5.79. The molecule has 18 heavy (non-hydrogen) atoms. The van der Waals surface area contributed by atoms with Gasteiger partial charge in [-0.15, -0.1) is 0 Å². The van der Waals surface area contributed by atoms with Crippen LogP contribution >= 0.6 is 0 Å². The Kier molecular flexibility index (Phi) is 3.99. The van der Waals surface area contributed by atoms with Gasteiger partial charge >= 0.3 is 0 Å². The zero-order valence-corrected chi connectivity index (χ0v) is 11.1. The number of ether oxygens (including phenoxy) is 1. The summed E-state index contributed by atoms with van der Waals surface area (Å²) in [5.74, 6) is 0.857. The van der Waals surface area contributed by atoms with Gasteiger partial charge in [-0.2, -0.15) is 5.10 Å². The molecule has 0 aliphatic carbocycles. The number of imidazole rings is 1. The third-order valence-electron chi connectivity index (χ3n) is 2.76. The van der Waals surface area contributed by atoms with Crippen LogP contribution in [0.15, 0.2) is 18.6 Å². The average molecular weight is 249 g/mol. The highest BCUT2D eigenvalue weighted by Crippen LogP contribution is 2.11. The smallest absolute Gasteiger partial charge is 0.203 e. The molecule has 98 valence electrons. The van der Waals surface area contributed by atoms with Gasteiger partial charge in [0.2, 0.25) is 5.95 Å². The number of hydrogen-bond donors (Lipinski definition) is 1. The second-order valence-corrected chi connectivity index (χ2v) is 4.21. The Morgan fingerprint density at radius 3 is 2.94 bits per heavy atom. The van der Waals surface area contributed by atoms with E-state index in [0.717, 1.165) is 24.7 Å². The van der Waals surface area contributed by atoms with E-state index in [1.165, 1.54) is 5.56 Å². The minimum Gasteiger partial charge on any atom is -0.383 e. The molecule has 6 nitrogen and oxygen atoms in total. The van der Waals surface area contributed by atoms with Crippen LogP contribution in [0.4, 0.5) is 5.95 Å². The highest BCUT2D eigenvalue weighted by atomic mass is 16.5. The molecule has 0 atom stereocenters. The topological polar surface area (TPSA) is 56.9 Å². The minimum absolute atomic E-state index is 0.665. The summed E-state index contributed by atoms with van der Waals surface area (Å²) in [6, 6.07) is 0.